The predicted octanol–water partition coefficient (Wildman–Crippen LogP) is 2.12. The molecule has 1 heterocycles. The Bertz CT molecular complexity index is 416. The number of aliphatic hydroxyl groups is 1. The van der Waals surface area contributed by atoms with E-state index in [4.69, 9.17) is 0 Å². The number of likely N-dealkylation sites (tertiary alicyclic amines) is 1. The molecule has 1 fully saturated rings. The van der Waals surface area contributed by atoms with Gasteiger partial charge in [0.15, 0.2) is 0 Å². The van der Waals surface area contributed by atoms with Crippen LogP contribution in [0, 0.1) is 0 Å². The molecular formula is C14H19NO3. The standard InChI is InChI=1S/C14H19NO3/c1-14(18)7-8-15(13(16)17)12(10-14)9-11-5-3-2-4-6-11/h2-6,12,18H,7-10H2,1H3,(H,16,17). The Hall–Kier alpha value is -1.55. The van der Waals surface area contributed by atoms with Gasteiger partial charge in [0.2, 0.25) is 0 Å². The van der Waals surface area contributed by atoms with E-state index in [0.29, 0.717) is 25.8 Å². The highest BCUT2D eigenvalue weighted by Gasteiger charge is 2.36. The molecule has 1 aromatic rings. The highest BCUT2D eigenvalue weighted by molar-refractivity contribution is 5.65. The zero-order valence-corrected chi connectivity index (χ0v) is 10.5. The Morgan fingerprint density at radius 1 is 1.44 bits per heavy atom. The van der Waals surface area contributed by atoms with Gasteiger partial charge in [-0.25, -0.2) is 4.79 Å². The lowest BCUT2D eigenvalue weighted by Crippen LogP contribution is -2.52. The van der Waals surface area contributed by atoms with Crippen molar-refractivity contribution in [2.45, 2.75) is 37.8 Å². The molecular weight excluding hydrogens is 230 g/mol. The molecule has 0 radical (unpaired) electrons. The Labute approximate surface area is 107 Å². The lowest BCUT2D eigenvalue weighted by molar-refractivity contribution is -0.0262. The van der Waals surface area contributed by atoms with Gasteiger partial charge in [-0.15, -0.1) is 0 Å². The third kappa shape index (κ3) is 3.01. The molecule has 1 amide bonds. The van der Waals surface area contributed by atoms with Gasteiger partial charge in [0, 0.05) is 12.6 Å². The van der Waals surface area contributed by atoms with Gasteiger partial charge in [-0.3, -0.25) is 0 Å². The first-order valence-corrected chi connectivity index (χ1v) is 6.24. The summed E-state index contributed by atoms with van der Waals surface area (Å²) in [7, 11) is 0. The van der Waals surface area contributed by atoms with Crippen LogP contribution in [0.15, 0.2) is 30.3 Å². The van der Waals surface area contributed by atoms with Crippen molar-refractivity contribution in [2.24, 2.45) is 0 Å². The fourth-order valence-electron chi connectivity index (χ4n) is 2.58. The summed E-state index contributed by atoms with van der Waals surface area (Å²) < 4.78 is 0. The molecule has 0 saturated carbocycles. The van der Waals surface area contributed by atoms with Crippen LogP contribution in [-0.4, -0.2) is 39.4 Å². The van der Waals surface area contributed by atoms with Crippen molar-refractivity contribution in [1.29, 1.82) is 0 Å². The van der Waals surface area contributed by atoms with Crippen molar-refractivity contribution >= 4 is 6.09 Å². The summed E-state index contributed by atoms with van der Waals surface area (Å²) in [5.41, 5.74) is 0.345. The van der Waals surface area contributed by atoms with Crippen LogP contribution in [0.5, 0.6) is 0 Å². The maximum Gasteiger partial charge on any atom is 0.407 e. The molecule has 0 spiro atoms. The number of piperidine rings is 1. The van der Waals surface area contributed by atoms with Crippen molar-refractivity contribution in [3.63, 3.8) is 0 Å². The smallest absolute Gasteiger partial charge is 0.407 e. The summed E-state index contributed by atoms with van der Waals surface area (Å²) in [6, 6.07) is 9.67. The number of nitrogens with zero attached hydrogens (tertiary/aromatic N) is 1. The van der Waals surface area contributed by atoms with Crippen molar-refractivity contribution in [3.8, 4) is 0 Å². The van der Waals surface area contributed by atoms with Gasteiger partial charge in [0.1, 0.15) is 0 Å². The summed E-state index contributed by atoms with van der Waals surface area (Å²) in [4.78, 5) is 12.7. The minimum atomic E-state index is -0.897. The molecule has 0 aromatic heterocycles. The van der Waals surface area contributed by atoms with Gasteiger partial charge in [0.25, 0.3) is 0 Å². The van der Waals surface area contributed by atoms with E-state index in [-0.39, 0.29) is 6.04 Å². The van der Waals surface area contributed by atoms with Crippen molar-refractivity contribution in [3.05, 3.63) is 35.9 Å². The maximum atomic E-state index is 11.2. The van der Waals surface area contributed by atoms with E-state index < -0.39 is 11.7 Å². The molecule has 4 nitrogen and oxygen atoms in total. The molecule has 0 aliphatic carbocycles. The number of amides is 1. The molecule has 1 aliphatic rings. The van der Waals surface area contributed by atoms with Crippen molar-refractivity contribution in [1.82, 2.24) is 4.90 Å². The Kier molecular flexibility index (Phi) is 3.57. The van der Waals surface area contributed by atoms with Crippen LogP contribution < -0.4 is 0 Å². The van der Waals surface area contributed by atoms with Gasteiger partial charge in [-0.1, -0.05) is 30.3 Å². The third-order valence-corrected chi connectivity index (χ3v) is 3.57. The largest absolute Gasteiger partial charge is 0.465 e. The molecule has 2 rings (SSSR count). The number of benzene rings is 1. The van der Waals surface area contributed by atoms with Crippen LogP contribution in [-0.2, 0) is 6.42 Å². The van der Waals surface area contributed by atoms with Crippen LogP contribution in [0.25, 0.3) is 0 Å². The van der Waals surface area contributed by atoms with E-state index in [1.54, 1.807) is 6.92 Å². The highest BCUT2D eigenvalue weighted by Crippen LogP contribution is 2.28. The van der Waals surface area contributed by atoms with E-state index >= 15 is 0 Å². The number of carboxylic acid groups (broad SMARTS) is 1. The predicted molar refractivity (Wildman–Crippen MR) is 68.5 cm³/mol. The first-order chi connectivity index (χ1) is 8.48. The van der Waals surface area contributed by atoms with E-state index in [9.17, 15) is 15.0 Å². The molecule has 2 unspecified atom stereocenters. The molecule has 1 aliphatic heterocycles. The second-order valence-electron chi connectivity index (χ2n) is 5.27. The summed E-state index contributed by atoms with van der Waals surface area (Å²) in [5.74, 6) is 0. The second-order valence-corrected chi connectivity index (χ2v) is 5.27. The second kappa shape index (κ2) is 4.98. The molecule has 2 atom stereocenters. The zero-order chi connectivity index (χ0) is 13.2. The lowest BCUT2D eigenvalue weighted by Gasteiger charge is -2.41. The van der Waals surface area contributed by atoms with Crippen molar-refractivity contribution in [2.75, 3.05) is 6.54 Å². The third-order valence-electron chi connectivity index (χ3n) is 3.57. The van der Waals surface area contributed by atoms with E-state index in [2.05, 4.69) is 0 Å². The van der Waals surface area contributed by atoms with Gasteiger partial charge >= 0.3 is 6.09 Å². The van der Waals surface area contributed by atoms with Gasteiger partial charge in [-0.2, -0.15) is 0 Å². The monoisotopic (exact) mass is 249 g/mol. The SMILES string of the molecule is CC1(O)CCN(C(=O)O)C(Cc2ccccc2)C1. The number of hydrogen-bond acceptors (Lipinski definition) is 2. The topological polar surface area (TPSA) is 60.8 Å². The number of hydrogen-bond donors (Lipinski definition) is 2. The van der Waals surface area contributed by atoms with E-state index in [0.717, 1.165) is 5.56 Å². The van der Waals surface area contributed by atoms with Crippen LogP contribution in [0.3, 0.4) is 0 Å². The van der Waals surface area contributed by atoms with Gasteiger partial charge in [-0.05, 0) is 31.7 Å². The summed E-state index contributed by atoms with van der Waals surface area (Å²) in [5, 5.41) is 19.3. The minimum absolute atomic E-state index is 0.145. The van der Waals surface area contributed by atoms with Gasteiger partial charge in [0.05, 0.1) is 5.60 Å². The quantitative estimate of drug-likeness (QED) is 0.844. The fourth-order valence-corrected chi connectivity index (χ4v) is 2.58. The van der Waals surface area contributed by atoms with Crippen LogP contribution in [0.2, 0.25) is 0 Å². The first-order valence-electron chi connectivity index (χ1n) is 6.24. The van der Waals surface area contributed by atoms with Crippen LogP contribution >= 0.6 is 0 Å². The Morgan fingerprint density at radius 2 is 2.11 bits per heavy atom. The molecule has 1 aromatic carbocycles. The van der Waals surface area contributed by atoms with E-state index in [1.807, 2.05) is 30.3 Å². The molecule has 2 N–H and O–H groups in total. The maximum absolute atomic E-state index is 11.2. The lowest BCUT2D eigenvalue weighted by atomic mass is 9.85. The molecule has 1 saturated heterocycles. The molecule has 98 valence electrons. The minimum Gasteiger partial charge on any atom is -0.465 e. The molecule has 0 bridgehead atoms. The Balaban J connectivity index is 2.13. The van der Waals surface area contributed by atoms with Crippen molar-refractivity contribution < 1.29 is 15.0 Å². The fraction of sp³-hybridized carbons (Fsp3) is 0.500. The average Bonchev–Trinajstić information content (AvgIpc) is 2.28. The first kappa shape index (κ1) is 12.9. The van der Waals surface area contributed by atoms with Crippen LogP contribution in [0.4, 0.5) is 4.79 Å². The molecule has 18 heavy (non-hydrogen) atoms. The highest BCUT2D eigenvalue weighted by atomic mass is 16.4. The van der Waals surface area contributed by atoms with Gasteiger partial charge < -0.3 is 15.1 Å². The normalized spacial score (nSPS) is 28.1. The zero-order valence-electron chi connectivity index (χ0n) is 10.5. The number of carbonyl (C=O) groups is 1. The van der Waals surface area contributed by atoms with Crippen LogP contribution in [0.1, 0.15) is 25.3 Å². The average molecular weight is 249 g/mol. The Morgan fingerprint density at radius 3 is 2.72 bits per heavy atom. The number of rotatable bonds is 2. The molecule has 4 heteroatoms. The van der Waals surface area contributed by atoms with E-state index in [1.165, 1.54) is 4.90 Å². The summed E-state index contributed by atoms with van der Waals surface area (Å²) in [6.45, 7) is 2.18. The summed E-state index contributed by atoms with van der Waals surface area (Å²) in [6.07, 6.45) is 0.758. The summed E-state index contributed by atoms with van der Waals surface area (Å²) >= 11 is 0.